The first kappa shape index (κ1) is 24.2. The first-order chi connectivity index (χ1) is 17.8. The van der Waals surface area contributed by atoms with Crippen molar-refractivity contribution in [2.45, 2.75) is 32.7 Å². The summed E-state index contributed by atoms with van der Waals surface area (Å²) < 4.78 is 0. The Morgan fingerprint density at radius 3 is 2.27 bits per heavy atom. The molecule has 5 rings (SSSR count). The molecule has 8 heteroatoms. The van der Waals surface area contributed by atoms with Crippen LogP contribution >= 0.6 is 0 Å². The second kappa shape index (κ2) is 9.89. The average molecular weight is 497 g/mol. The predicted octanol–water partition coefficient (Wildman–Crippen LogP) is 4.53. The SMILES string of the molecule is Cc1ccc(C)c(N2C(=O)c3ccc(C(=O)N4CCC(NC(=O)Nc5ccccc5)CC4)cc3C2=O)c1. The molecule has 3 aromatic rings. The summed E-state index contributed by atoms with van der Waals surface area (Å²) in [6.45, 7) is 4.73. The summed E-state index contributed by atoms with van der Waals surface area (Å²) in [7, 11) is 0. The number of likely N-dealkylation sites (tertiary alicyclic amines) is 1. The summed E-state index contributed by atoms with van der Waals surface area (Å²) in [6.07, 6.45) is 1.24. The van der Waals surface area contributed by atoms with Crippen molar-refractivity contribution >= 4 is 35.1 Å². The number of hydrogen-bond donors (Lipinski definition) is 2. The van der Waals surface area contributed by atoms with Crippen molar-refractivity contribution in [1.29, 1.82) is 0 Å². The van der Waals surface area contributed by atoms with Crippen molar-refractivity contribution in [2.75, 3.05) is 23.3 Å². The zero-order chi connectivity index (χ0) is 26.1. The van der Waals surface area contributed by atoms with E-state index in [1.165, 1.54) is 11.0 Å². The van der Waals surface area contributed by atoms with Crippen LogP contribution in [0.25, 0.3) is 0 Å². The monoisotopic (exact) mass is 496 g/mol. The number of para-hydroxylation sites is 1. The number of piperidine rings is 1. The van der Waals surface area contributed by atoms with Crippen LogP contribution in [0.1, 0.15) is 55.0 Å². The molecular formula is C29H28N4O4. The number of nitrogens with zero attached hydrogens (tertiary/aromatic N) is 2. The third-order valence-electron chi connectivity index (χ3n) is 6.89. The number of rotatable bonds is 4. The van der Waals surface area contributed by atoms with Gasteiger partial charge < -0.3 is 15.5 Å². The molecule has 0 atom stereocenters. The summed E-state index contributed by atoms with van der Waals surface area (Å²) in [5.41, 5.74) is 3.96. The fraction of sp³-hybridized carbons (Fsp3) is 0.241. The Balaban J connectivity index is 1.23. The van der Waals surface area contributed by atoms with Gasteiger partial charge in [-0.3, -0.25) is 14.4 Å². The van der Waals surface area contributed by atoms with Crippen molar-refractivity contribution in [2.24, 2.45) is 0 Å². The van der Waals surface area contributed by atoms with Gasteiger partial charge in [0.15, 0.2) is 0 Å². The van der Waals surface area contributed by atoms with Crippen LogP contribution in [0.5, 0.6) is 0 Å². The molecule has 0 aromatic heterocycles. The second-order valence-corrected chi connectivity index (χ2v) is 9.53. The summed E-state index contributed by atoms with van der Waals surface area (Å²) >= 11 is 0. The maximum atomic E-state index is 13.2. The van der Waals surface area contributed by atoms with E-state index in [2.05, 4.69) is 10.6 Å². The lowest BCUT2D eigenvalue weighted by atomic mass is 10.0. The van der Waals surface area contributed by atoms with Gasteiger partial charge in [0.1, 0.15) is 0 Å². The predicted molar refractivity (Wildman–Crippen MR) is 141 cm³/mol. The van der Waals surface area contributed by atoms with E-state index in [9.17, 15) is 19.2 Å². The smallest absolute Gasteiger partial charge is 0.319 e. The van der Waals surface area contributed by atoms with Crippen LogP contribution in [0.2, 0.25) is 0 Å². The maximum absolute atomic E-state index is 13.2. The van der Waals surface area contributed by atoms with Gasteiger partial charge in [-0.05, 0) is 74.2 Å². The Morgan fingerprint density at radius 2 is 1.54 bits per heavy atom. The average Bonchev–Trinajstić information content (AvgIpc) is 3.15. The Kier molecular flexibility index (Phi) is 6.48. The highest BCUT2D eigenvalue weighted by Crippen LogP contribution is 2.32. The number of carbonyl (C=O) groups is 4. The van der Waals surface area contributed by atoms with Gasteiger partial charge in [-0.25, -0.2) is 9.69 Å². The number of amides is 5. The third-order valence-corrected chi connectivity index (χ3v) is 6.89. The molecule has 188 valence electrons. The number of hydrogen-bond acceptors (Lipinski definition) is 4. The molecule has 0 bridgehead atoms. The third kappa shape index (κ3) is 4.82. The number of fused-ring (bicyclic) bond motifs is 1. The summed E-state index contributed by atoms with van der Waals surface area (Å²) in [4.78, 5) is 54.7. The minimum absolute atomic E-state index is 0.0434. The zero-order valence-electron chi connectivity index (χ0n) is 20.8. The van der Waals surface area contributed by atoms with E-state index in [1.807, 2.05) is 62.4 Å². The molecule has 0 aliphatic carbocycles. The molecule has 2 N–H and O–H groups in total. The molecule has 1 saturated heterocycles. The molecule has 2 heterocycles. The molecule has 1 fully saturated rings. The van der Waals surface area contributed by atoms with Gasteiger partial charge in [0.05, 0.1) is 16.8 Å². The number of benzene rings is 3. The van der Waals surface area contributed by atoms with Gasteiger partial charge in [-0.2, -0.15) is 0 Å². The Bertz CT molecular complexity index is 1390. The highest BCUT2D eigenvalue weighted by Gasteiger charge is 2.38. The van der Waals surface area contributed by atoms with Gasteiger partial charge in [0, 0.05) is 30.4 Å². The van der Waals surface area contributed by atoms with Crippen molar-refractivity contribution in [1.82, 2.24) is 10.2 Å². The molecule has 0 unspecified atom stereocenters. The lowest BCUT2D eigenvalue weighted by Crippen LogP contribution is -2.47. The topological polar surface area (TPSA) is 98.8 Å². The largest absolute Gasteiger partial charge is 0.338 e. The number of aryl methyl sites for hydroxylation is 2. The number of carbonyl (C=O) groups excluding carboxylic acids is 4. The number of nitrogens with one attached hydrogen (secondary N) is 2. The molecule has 5 amide bonds. The van der Waals surface area contributed by atoms with Crippen LogP contribution in [0.15, 0.2) is 66.7 Å². The van der Waals surface area contributed by atoms with Crippen LogP contribution in [-0.2, 0) is 0 Å². The Hall–Kier alpha value is -4.46. The zero-order valence-corrected chi connectivity index (χ0v) is 20.8. The van der Waals surface area contributed by atoms with Gasteiger partial charge >= 0.3 is 6.03 Å². The fourth-order valence-electron chi connectivity index (χ4n) is 4.84. The van der Waals surface area contributed by atoms with E-state index >= 15 is 0 Å². The van der Waals surface area contributed by atoms with Crippen LogP contribution in [0, 0.1) is 13.8 Å². The van der Waals surface area contributed by atoms with Gasteiger partial charge in [-0.1, -0.05) is 30.3 Å². The van der Waals surface area contributed by atoms with E-state index in [4.69, 9.17) is 0 Å². The lowest BCUT2D eigenvalue weighted by Gasteiger charge is -2.32. The lowest BCUT2D eigenvalue weighted by molar-refractivity contribution is 0.0708. The molecule has 2 aliphatic heterocycles. The quantitative estimate of drug-likeness (QED) is 0.519. The molecular weight excluding hydrogens is 468 g/mol. The van der Waals surface area contributed by atoms with Crippen molar-refractivity contribution < 1.29 is 19.2 Å². The van der Waals surface area contributed by atoms with E-state index in [-0.39, 0.29) is 29.5 Å². The highest BCUT2D eigenvalue weighted by molar-refractivity contribution is 6.35. The van der Waals surface area contributed by atoms with Gasteiger partial charge in [0.2, 0.25) is 0 Å². The minimum atomic E-state index is -0.421. The normalized spacial score (nSPS) is 15.5. The molecule has 3 aromatic carbocycles. The second-order valence-electron chi connectivity index (χ2n) is 9.53. The van der Waals surface area contributed by atoms with Crippen LogP contribution in [0.4, 0.5) is 16.2 Å². The van der Waals surface area contributed by atoms with Gasteiger partial charge in [-0.15, -0.1) is 0 Å². The van der Waals surface area contributed by atoms with E-state index in [0.29, 0.717) is 48.4 Å². The van der Waals surface area contributed by atoms with Gasteiger partial charge in [0.25, 0.3) is 17.7 Å². The molecule has 37 heavy (non-hydrogen) atoms. The summed E-state index contributed by atoms with van der Waals surface area (Å²) in [5, 5.41) is 5.77. The molecule has 2 aliphatic rings. The Labute approximate surface area is 215 Å². The van der Waals surface area contributed by atoms with E-state index < -0.39 is 5.91 Å². The summed E-state index contributed by atoms with van der Waals surface area (Å²) in [6, 6.07) is 19.2. The molecule has 0 saturated carbocycles. The number of anilines is 2. The van der Waals surface area contributed by atoms with Crippen LogP contribution < -0.4 is 15.5 Å². The number of urea groups is 1. The maximum Gasteiger partial charge on any atom is 0.319 e. The van der Waals surface area contributed by atoms with Crippen molar-refractivity contribution in [3.05, 3.63) is 94.5 Å². The van der Waals surface area contributed by atoms with Crippen molar-refractivity contribution in [3.8, 4) is 0 Å². The standard InChI is InChI=1S/C29H28N4O4/c1-18-8-9-19(2)25(16-18)33-27(35)23-11-10-20(17-24(23)28(33)36)26(34)32-14-12-22(13-15-32)31-29(37)30-21-6-4-3-5-7-21/h3-11,16-17,22H,12-15H2,1-2H3,(H2,30,31,37). The summed E-state index contributed by atoms with van der Waals surface area (Å²) in [5.74, 6) is -0.996. The molecule has 0 spiro atoms. The fourth-order valence-corrected chi connectivity index (χ4v) is 4.84. The first-order valence-electron chi connectivity index (χ1n) is 12.3. The van der Waals surface area contributed by atoms with E-state index in [0.717, 1.165) is 11.1 Å². The minimum Gasteiger partial charge on any atom is -0.338 e. The van der Waals surface area contributed by atoms with E-state index in [1.54, 1.807) is 17.0 Å². The number of imide groups is 1. The molecule has 0 radical (unpaired) electrons. The van der Waals surface area contributed by atoms with Crippen LogP contribution in [-0.4, -0.2) is 47.8 Å². The van der Waals surface area contributed by atoms with Crippen molar-refractivity contribution in [3.63, 3.8) is 0 Å². The highest BCUT2D eigenvalue weighted by atomic mass is 16.2. The molecule has 8 nitrogen and oxygen atoms in total. The first-order valence-corrected chi connectivity index (χ1v) is 12.3. The Morgan fingerprint density at radius 1 is 0.838 bits per heavy atom. The van der Waals surface area contributed by atoms with Crippen LogP contribution in [0.3, 0.4) is 0 Å².